The molecule has 3 aromatic rings. The highest BCUT2D eigenvalue weighted by Gasteiger charge is 2.28. The van der Waals surface area contributed by atoms with Gasteiger partial charge in [0.1, 0.15) is 5.75 Å². The Balaban J connectivity index is 1.50. The first kappa shape index (κ1) is 15.4. The Morgan fingerprint density at radius 3 is 3.12 bits per heavy atom. The normalized spacial score (nSPS) is 19.6. The third-order valence-corrected chi connectivity index (χ3v) is 4.52. The Labute approximate surface area is 145 Å². The maximum atomic E-state index is 12.4. The van der Waals surface area contributed by atoms with E-state index in [0.29, 0.717) is 6.61 Å². The number of rotatable bonds is 3. The van der Waals surface area contributed by atoms with Gasteiger partial charge in [0, 0.05) is 22.9 Å². The maximum Gasteiger partial charge on any atom is 0.244 e. The average Bonchev–Trinajstić information content (AvgIpc) is 3.10. The lowest BCUT2D eigenvalue weighted by molar-refractivity contribution is -0.117. The largest absolute Gasteiger partial charge is 0.493 e. The van der Waals surface area contributed by atoms with Gasteiger partial charge in [-0.15, -0.1) is 0 Å². The van der Waals surface area contributed by atoms with Gasteiger partial charge in [0.2, 0.25) is 5.91 Å². The summed E-state index contributed by atoms with van der Waals surface area (Å²) in [5.74, 6) is 0.950. The quantitative estimate of drug-likeness (QED) is 0.721. The van der Waals surface area contributed by atoms with Gasteiger partial charge in [-0.25, -0.2) is 0 Å². The maximum absolute atomic E-state index is 12.4. The molecule has 2 heterocycles. The van der Waals surface area contributed by atoms with E-state index in [9.17, 15) is 4.79 Å². The summed E-state index contributed by atoms with van der Waals surface area (Å²) in [5.41, 5.74) is 2.93. The van der Waals surface area contributed by atoms with Crippen molar-refractivity contribution in [3.8, 4) is 5.75 Å². The van der Waals surface area contributed by atoms with Crippen LogP contribution in [-0.2, 0) is 4.79 Å². The molecule has 1 aliphatic rings. The fourth-order valence-corrected chi connectivity index (χ4v) is 3.14. The number of fused-ring (bicyclic) bond motifs is 2. The molecular weight excluding hydrogens is 314 g/mol. The van der Waals surface area contributed by atoms with E-state index < -0.39 is 0 Å². The number of para-hydroxylation sites is 1. The van der Waals surface area contributed by atoms with Crippen LogP contribution in [0.5, 0.6) is 5.75 Å². The van der Waals surface area contributed by atoms with Crippen molar-refractivity contribution in [1.82, 2.24) is 15.5 Å². The second kappa shape index (κ2) is 6.43. The first-order valence-electron chi connectivity index (χ1n) is 8.34. The molecule has 0 aliphatic carbocycles. The third-order valence-electron chi connectivity index (χ3n) is 4.52. The zero-order valence-electron chi connectivity index (χ0n) is 13.9. The summed E-state index contributed by atoms with van der Waals surface area (Å²) in [6, 6.07) is 13.7. The minimum absolute atomic E-state index is 0.0443. The van der Waals surface area contributed by atoms with Crippen molar-refractivity contribution in [3.05, 3.63) is 65.9 Å². The van der Waals surface area contributed by atoms with E-state index in [1.165, 1.54) is 0 Å². The number of carbonyl (C=O) groups is 1. The minimum Gasteiger partial charge on any atom is -0.493 e. The van der Waals surface area contributed by atoms with Crippen LogP contribution in [0.4, 0.5) is 0 Å². The topological polar surface area (TPSA) is 67.0 Å². The summed E-state index contributed by atoms with van der Waals surface area (Å²) >= 11 is 0. The second-order valence-corrected chi connectivity index (χ2v) is 6.36. The van der Waals surface area contributed by atoms with Gasteiger partial charge in [-0.2, -0.15) is 5.10 Å². The van der Waals surface area contributed by atoms with Crippen molar-refractivity contribution in [2.45, 2.75) is 13.0 Å². The number of benzene rings is 2. The molecule has 0 saturated carbocycles. The van der Waals surface area contributed by atoms with E-state index in [1.54, 1.807) is 12.3 Å². The lowest BCUT2D eigenvalue weighted by atomic mass is 9.92. The SMILES string of the molecule is C[C@H]1COc2ccccc2[C@H]1NC(=O)/C=C/c1ccc2cn[nH]c2c1. The zero-order chi connectivity index (χ0) is 17.2. The molecule has 1 aromatic heterocycles. The Bertz CT molecular complexity index is 945. The summed E-state index contributed by atoms with van der Waals surface area (Å²) < 4.78 is 5.73. The van der Waals surface area contributed by atoms with Crippen LogP contribution in [0.3, 0.4) is 0 Å². The van der Waals surface area contributed by atoms with Gasteiger partial charge in [-0.1, -0.05) is 37.3 Å². The van der Waals surface area contributed by atoms with E-state index in [2.05, 4.69) is 22.4 Å². The number of nitrogens with one attached hydrogen (secondary N) is 2. The van der Waals surface area contributed by atoms with Gasteiger partial charge in [0.15, 0.2) is 0 Å². The zero-order valence-corrected chi connectivity index (χ0v) is 13.9. The van der Waals surface area contributed by atoms with Crippen molar-refractivity contribution in [1.29, 1.82) is 0 Å². The molecule has 4 rings (SSSR count). The summed E-state index contributed by atoms with van der Waals surface area (Å²) in [4.78, 5) is 12.4. The predicted octanol–water partition coefficient (Wildman–Crippen LogP) is 3.46. The molecule has 0 unspecified atom stereocenters. The fraction of sp³-hybridized carbons (Fsp3) is 0.200. The Morgan fingerprint density at radius 2 is 2.20 bits per heavy atom. The Hall–Kier alpha value is -3.08. The molecule has 25 heavy (non-hydrogen) atoms. The molecule has 2 aromatic carbocycles. The highest BCUT2D eigenvalue weighted by atomic mass is 16.5. The number of hydrogen-bond donors (Lipinski definition) is 2. The molecule has 0 saturated heterocycles. The number of nitrogens with zero attached hydrogens (tertiary/aromatic N) is 1. The van der Waals surface area contributed by atoms with Gasteiger partial charge in [0.25, 0.3) is 0 Å². The lowest BCUT2D eigenvalue weighted by Gasteiger charge is -2.31. The number of H-pyrrole nitrogens is 1. The molecule has 2 atom stereocenters. The van der Waals surface area contributed by atoms with Crippen molar-refractivity contribution in [2.75, 3.05) is 6.61 Å². The van der Waals surface area contributed by atoms with Gasteiger partial charge in [0.05, 0.1) is 24.4 Å². The van der Waals surface area contributed by atoms with E-state index in [0.717, 1.165) is 27.8 Å². The molecule has 5 heteroatoms. The first-order chi connectivity index (χ1) is 12.2. The number of aromatic nitrogens is 2. The summed E-state index contributed by atoms with van der Waals surface area (Å²) in [6.07, 6.45) is 5.16. The van der Waals surface area contributed by atoms with Crippen molar-refractivity contribution >= 4 is 22.9 Å². The van der Waals surface area contributed by atoms with Crippen molar-refractivity contribution in [2.24, 2.45) is 5.92 Å². The smallest absolute Gasteiger partial charge is 0.244 e. The van der Waals surface area contributed by atoms with E-state index >= 15 is 0 Å². The number of ether oxygens (including phenoxy) is 1. The van der Waals surface area contributed by atoms with Gasteiger partial charge < -0.3 is 10.1 Å². The number of aromatic amines is 1. The summed E-state index contributed by atoms with van der Waals surface area (Å²) in [5, 5.41) is 11.1. The standard InChI is InChI=1S/C20H19N3O2/c1-13-12-25-18-5-3-2-4-16(18)20(13)22-19(24)9-7-14-6-8-15-11-21-23-17(15)10-14/h2-11,13,20H,12H2,1H3,(H,21,23)(H,22,24)/b9-7+/t13-,20-/m0/s1. The molecule has 1 aliphatic heterocycles. The highest BCUT2D eigenvalue weighted by molar-refractivity contribution is 5.92. The molecule has 1 amide bonds. The van der Waals surface area contributed by atoms with Crippen LogP contribution in [0.15, 0.2) is 54.7 Å². The van der Waals surface area contributed by atoms with E-state index in [1.807, 2.05) is 48.5 Å². The summed E-state index contributed by atoms with van der Waals surface area (Å²) in [6.45, 7) is 2.68. The van der Waals surface area contributed by atoms with Crippen LogP contribution in [-0.4, -0.2) is 22.7 Å². The van der Waals surface area contributed by atoms with Gasteiger partial charge >= 0.3 is 0 Å². The second-order valence-electron chi connectivity index (χ2n) is 6.36. The van der Waals surface area contributed by atoms with E-state index in [-0.39, 0.29) is 17.9 Å². The molecule has 0 bridgehead atoms. The fourth-order valence-electron chi connectivity index (χ4n) is 3.14. The number of amides is 1. The monoisotopic (exact) mass is 333 g/mol. The summed E-state index contributed by atoms with van der Waals surface area (Å²) in [7, 11) is 0. The number of carbonyl (C=O) groups excluding carboxylic acids is 1. The average molecular weight is 333 g/mol. The van der Waals surface area contributed by atoms with E-state index in [4.69, 9.17) is 4.74 Å². The Kier molecular flexibility index (Phi) is 3.98. The predicted molar refractivity (Wildman–Crippen MR) is 97.1 cm³/mol. The molecule has 0 spiro atoms. The Morgan fingerprint density at radius 1 is 1.32 bits per heavy atom. The van der Waals surface area contributed by atoms with Crippen LogP contribution in [0.2, 0.25) is 0 Å². The highest BCUT2D eigenvalue weighted by Crippen LogP contribution is 2.34. The van der Waals surface area contributed by atoms with Gasteiger partial charge in [-0.3, -0.25) is 9.89 Å². The number of hydrogen-bond acceptors (Lipinski definition) is 3. The lowest BCUT2D eigenvalue weighted by Crippen LogP contribution is -2.36. The molecule has 0 radical (unpaired) electrons. The molecule has 2 N–H and O–H groups in total. The molecule has 5 nitrogen and oxygen atoms in total. The van der Waals surface area contributed by atoms with Crippen LogP contribution < -0.4 is 10.1 Å². The van der Waals surface area contributed by atoms with Crippen LogP contribution in [0.1, 0.15) is 24.1 Å². The van der Waals surface area contributed by atoms with Crippen LogP contribution in [0, 0.1) is 5.92 Å². The molecular formula is C20H19N3O2. The van der Waals surface area contributed by atoms with Crippen molar-refractivity contribution < 1.29 is 9.53 Å². The van der Waals surface area contributed by atoms with Crippen LogP contribution >= 0.6 is 0 Å². The van der Waals surface area contributed by atoms with Crippen LogP contribution in [0.25, 0.3) is 17.0 Å². The van der Waals surface area contributed by atoms with Gasteiger partial charge in [-0.05, 0) is 23.8 Å². The first-order valence-corrected chi connectivity index (χ1v) is 8.34. The third kappa shape index (κ3) is 3.13. The molecule has 0 fully saturated rings. The van der Waals surface area contributed by atoms with Crippen molar-refractivity contribution in [3.63, 3.8) is 0 Å². The minimum atomic E-state index is -0.113. The molecule has 126 valence electrons.